The van der Waals surface area contributed by atoms with Crippen LogP contribution in [0.15, 0.2) is 36.7 Å². The Balaban J connectivity index is 2.27. The van der Waals surface area contributed by atoms with Gasteiger partial charge in [-0.15, -0.1) is 0 Å². The molecule has 1 aromatic heterocycles. The maximum absolute atomic E-state index is 5.56. The number of hydrogen-bond donors (Lipinski definition) is 1. The van der Waals surface area contributed by atoms with Crippen molar-refractivity contribution in [1.29, 1.82) is 0 Å². The molecule has 0 aliphatic carbocycles. The average molecular weight is 216 g/mol. The van der Waals surface area contributed by atoms with Gasteiger partial charge in [-0.1, -0.05) is 12.1 Å². The number of nitrogens with zero attached hydrogens (tertiary/aromatic N) is 3. The lowest BCUT2D eigenvalue weighted by molar-refractivity contribution is 0.883. The molecule has 2 aromatic rings. The standard InChI is InChI=1S/C12H16N4/c1-15-8-7-14-12(15)16(2)11-5-3-10(9-13)4-6-11/h3-8H,9,13H2,1-2H3. The van der Waals surface area contributed by atoms with Crippen molar-refractivity contribution in [2.45, 2.75) is 6.54 Å². The number of benzene rings is 1. The van der Waals surface area contributed by atoms with Crippen molar-refractivity contribution in [2.75, 3.05) is 11.9 Å². The normalized spacial score (nSPS) is 10.4. The van der Waals surface area contributed by atoms with E-state index in [-0.39, 0.29) is 0 Å². The molecule has 4 heteroatoms. The van der Waals surface area contributed by atoms with Crippen molar-refractivity contribution in [3.8, 4) is 0 Å². The first-order valence-electron chi connectivity index (χ1n) is 5.22. The molecule has 2 N–H and O–H groups in total. The van der Waals surface area contributed by atoms with Gasteiger partial charge in [-0.2, -0.15) is 0 Å². The van der Waals surface area contributed by atoms with Crippen LogP contribution in [-0.2, 0) is 13.6 Å². The maximum Gasteiger partial charge on any atom is 0.209 e. The van der Waals surface area contributed by atoms with Crippen LogP contribution < -0.4 is 10.6 Å². The van der Waals surface area contributed by atoms with E-state index < -0.39 is 0 Å². The average Bonchev–Trinajstić information content (AvgIpc) is 2.75. The van der Waals surface area contributed by atoms with E-state index in [1.54, 1.807) is 6.20 Å². The topological polar surface area (TPSA) is 47.1 Å². The molecule has 1 aromatic carbocycles. The summed E-state index contributed by atoms with van der Waals surface area (Å²) in [5.74, 6) is 0.917. The Hall–Kier alpha value is -1.81. The highest BCUT2D eigenvalue weighted by Gasteiger charge is 2.07. The molecule has 0 fully saturated rings. The van der Waals surface area contributed by atoms with E-state index in [0.717, 1.165) is 17.2 Å². The van der Waals surface area contributed by atoms with Gasteiger partial charge in [-0.25, -0.2) is 4.98 Å². The van der Waals surface area contributed by atoms with Crippen LogP contribution in [-0.4, -0.2) is 16.6 Å². The third-order valence-electron chi connectivity index (χ3n) is 2.66. The Morgan fingerprint density at radius 1 is 1.31 bits per heavy atom. The van der Waals surface area contributed by atoms with Crippen LogP contribution in [0.25, 0.3) is 0 Å². The molecule has 0 aliphatic rings. The van der Waals surface area contributed by atoms with E-state index in [1.807, 2.05) is 41.9 Å². The van der Waals surface area contributed by atoms with E-state index in [1.165, 1.54) is 0 Å². The molecule has 2 rings (SSSR count). The number of nitrogens with two attached hydrogens (primary N) is 1. The van der Waals surface area contributed by atoms with Crippen LogP contribution >= 0.6 is 0 Å². The van der Waals surface area contributed by atoms with Gasteiger partial charge in [-0.3, -0.25) is 0 Å². The van der Waals surface area contributed by atoms with Gasteiger partial charge in [0.25, 0.3) is 0 Å². The fourth-order valence-corrected chi connectivity index (χ4v) is 1.65. The number of rotatable bonds is 3. The number of aryl methyl sites for hydroxylation is 1. The minimum Gasteiger partial charge on any atom is -0.326 e. The van der Waals surface area contributed by atoms with E-state index in [9.17, 15) is 0 Å². The highest BCUT2D eigenvalue weighted by atomic mass is 15.3. The van der Waals surface area contributed by atoms with Crippen molar-refractivity contribution in [1.82, 2.24) is 9.55 Å². The van der Waals surface area contributed by atoms with Gasteiger partial charge in [-0.05, 0) is 17.7 Å². The second-order valence-corrected chi connectivity index (χ2v) is 3.77. The van der Waals surface area contributed by atoms with Crippen LogP contribution in [0, 0.1) is 0 Å². The lowest BCUT2D eigenvalue weighted by Gasteiger charge is -2.18. The zero-order valence-electron chi connectivity index (χ0n) is 9.59. The van der Waals surface area contributed by atoms with Gasteiger partial charge in [0.1, 0.15) is 0 Å². The molecule has 0 amide bonds. The van der Waals surface area contributed by atoms with Gasteiger partial charge in [0.2, 0.25) is 5.95 Å². The summed E-state index contributed by atoms with van der Waals surface area (Å²) in [5, 5.41) is 0. The Morgan fingerprint density at radius 2 is 2.00 bits per heavy atom. The SMILES string of the molecule is CN(c1ccc(CN)cc1)c1nccn1C. The molecular formula is C12H16N4. The predicted molar refractivity (Wildman–Crippen MR) is 65.6 cm³/mol. The summed E-state index contributed by atoms with van der Waals surface area (Å²) in [7, 11) is 3.98. The lowest BCUT2D eigenvalue weighted by Crippen LogP contribution is -2.14. The summed E-state index contributed by atoms with van der Waals surface area (Å²) < 4.78 is 1.98. The quantitative estimate of drug-likeness (QED) is 0.848. The Bertz CT molecular complexity index is 458. The molecule has 0 saturated carbocycles. The van der Waals surface area contributed by atoms with Crippen molar-refractivity contribution in [2.24, 2.45) is 12.8 Å². The minimum absolute atomic E-state index is 0.576. The Labute approximate surface area is 95.3 Å². The molecule has 0 unspecified atom stereocenters. The molecule has 84 valence electrons. The van der Waals surface area contributed by atoms with Gasteiger partial charge in [0.15, 0.2) is 0 Å². The van der Waals surface area contributed by atoms with Crippen LogP contribution in [0.2, 0.25) is 0 Å². The van der Waals surface area contributed by atoms with Gasteiger partial charge >= 0.3 is 0 Å². The Kier molecular flexibility index (Phi) is 2.92. The molecule has 16 heavy (non-hydrogen) atoms. The summed E-state index contributed by atoms with van der Waals surface area (Å²) in [5.41, 5.74) is 7.80. The third-order valence-corrected chi connectivity index (χ3v) is 2.66. The van der Waals surface area contributed by atoms with E-state index in [4.69, 9.17) is 5.73 Å². The fourth-order valence-electron chi connectivity index (χ4n) is 1.65. The number of imidazole rings is 1. The van der Waals surface area contributed by atoms with Crippen molar-refractivity contribution in [3.63, 3.8) is 0 Å². The van der Waals surface area contributed by atoms with Gasteiger partial charge in [0.05, 0.1) is 0 Å². The molecule has 1 heterocycles. The molecule has 0 aliphatic heterocycles. The second-order valence-electron chi connectivity index (χ2n) is 3.77. The fraction of sp³-hybridized carbons (Fsp3) is 0.250. The largest absolute Gasteiger partial charge is 0.326 e. The molecule has 0 spiro atoms. The van der Waals surface area contributed by atoms with E-state index >= 15 is 0 Å². The van der Waals surface area contributed by atoms with Crippen LogP contribution in [0.4, 0.5) is 11.6 Å². The summed E-state index contributed by atoms with van der Waals surface area (Å²) in [6.45, 7) is 0.576. The van der Waals surface area contributed by atoms with Crippen LogP contribution in [0.5, 0.6) is 0 Å². The zero-order chi connectivity index (χ0) is 11.5. The maximum atomic E-state index is 5.56. The first kappa shape index (κ1) is 10.7. The number of anilines is 2. The van der Waals surface area contributed by atoms with Crippen LogP contribution in [0.1, 0.15) is 5.56 Å². The second kappa shape index (κ2) is 4.37. The third kappa shape index (κ3) is 1.92. The molecule has 0 bridgehead atoms. The minimum atomic E-state index is 0.576. The molecule has 0 saturated heterocycles. The summed E-state index contributed by atoms with van der Waals surface area (Å²) in [4.78, 5) is 6.34. The smallest absolute Gasteiger partial charge is 0.209 e. The van der Waals surface area contributed by atoms with Gasteiger partial charge < -0.3 is 15.2 Å². The van der Waals surface area contributed by atoms with E-state index in [2.05, 4.69) is 17.1 Å². The number of aromatic nitrogens is 2. The van der Waals surface area contributed by atoms with Gasteiger partial charge in [0, 0.05) is 38.7 Å². The van der Waals surface area contributed by atoms with Crippen molar-refractivity contribution in [3.05, 3.63) is 42.2 Å². The first-order chi connectivity index (χ1) is 7.72. The summed E-state index contributed by atoms with van der Waals surface area (Å²) >= 11 is 0. The summed E-state index contributed by atoms with van der Waals surface area (Å²) in [6, 6.07) is 8.18. The zero-order valence-corrected chi connectivity index (χ0v) is 9.59. The van der Waals surface area contributed by atoms with Crippen molar-refractivity contribution < 1.29 is 0 Å². The lowest BCUT2D eigenvalue weighted by atomic mass is 10.2. The molecular weight excluding hydrogens is 200 g/mol. The molecule has 0 radical (unpaired) electrons. The monoisotopic (exact) mass is 216 g/mol. The highest BCUT2D eigenvalue weighted by molar-refractivity contribution is 5.56. The predicted octanol–water partition coefficient (Wildman–Crippen LogP) is 1.65. The molecule has 4 nitrogen and oxygen atoms in total. The van der Waals surface area contributed by atoms with Crippen LogP contribution in [0.3, 0.4) is 0 Å². The Morgan fingerprint density at radius 3 is 2.50 bits per heavy atom. The number of hydrogen-bond acceptors (Lipinski definition) is 3. The first-order valence-corrected chi connectivity index (χ1v) is 5.22. The summed E-state index contributed by atoms with van der Waals surface area (Å²) in [6.07, 6.45) is 3.72. The molecule has 0 atom stereocenters. The van der Waals surface area contributed by atoms with E-state index in [0.29, 0.717) is 6.54 Å². The van der Waals surface area contributed by atoms with Crippen molar-refractivity contribution >= 4 is 11.6 Å². The highest BCUT2D eigenvalue weighted by Crippen LogP contribution is 2.21.